The van der Waals surface area contributed by atoms with E-state index >= 15 is 0 Å². The Morgan fingerprint density at radius 2 is 1.96 bits per heavy atom. The number of rotatable bonds is 4. The number of nitrogens with one attached hydrogen (secondary N) is 1. The van der Waals surface area contributed by atoms with Crippen LogP contribution in [0.5, 0.6) is 5.88 Å². The van der Waals surface area contributed by atoms with E-state index in [9.17, 15) is 4.79 Å². The van der Waals surface area contributed by atoms with Gasteiger partial charge in [-0.15, -0.1) is 0 Å². The maximum absolute atomic E-state index is 12.7. The third kappa shape index (κ3) is 3.41. The zero-order valence-electron chi connectivity index (χ0n) is 15.7. The van der Waals surface area contributed by atoms with Crippen molar-refractivity contribution in [2.45, 2.75) is 70.4 Å². The van der Waals surface area contributed by atoms with Gasteiger partial charge >= 0.3 is 0 Å². The number of aromatic nitrogens is 3. The molecule has 6 nitrogen and oxygen atoms in total. The second-order valence-electron chi connectivity index (χ2n) is 7.87. The molecule has 2 fully saturated rings. The molecule has 2 heterocycles. The van der Waals surface area contributed by atoms with Crippen molar-refractivity contribution >= 4 is 16.9 Å². The van der Waals surface area contributed by atoms with Gasteiger partial charge in [0.05, 0.1) is 5.39 Å². The van der Waals surface area contributed by atoms with Crippen LogP contribution < -0.4 is 10.1 Å². The van der Waals surface area contributed by atoms with Gasteiger partial charge in [0.2, 0.25) is 5.88 Å². The Morgan fingerprint density at radius 3 is 2.69 bits per heavy atom. The Kier molecular flexibility index (Phi) is 4.83. The van der Waals surface area contributed by atoms with Gasteiger partial charge in [0.25, 0.3) is 5.91 Å². The van der Waals surface area contributed by atoms with Crippen LogP contribution in [-0.2, 0) is 7.05 Å². The zero-order valence-corrected chi connectivity index (χ0v) is 15.7. The van der Waals surface area contributed by atoms with E-state index in [0.717, 1.165) is 24.6 Å². The van der Waals surface area contributed by atoms with Crippen LogP contribution >= 0.6 is 0 Å². The summed E-state index contributed by atoms with van der Waals surface area (Å²) in [5.74, 6) is 1.09. The summed E-state index contributed by atoms with van der Waals surface area (Å²) in [6.45, 7) is 2.23. The van der Waals surface area contributed by atoms with Crippen molar-refractivity contribution in [1.82, 2.24) is 20.1 Å². The lowest BCUT2D eigenvalue weighted by Crippen LogP contribution is -2.36. The zero-order chi connectivity index (χ0) is 18.1. The molecule has 2 aliphatic carbocycles. The van der Waals surface area contributed by atoms with Crippen LogP contribution in [0.1, 0.15) is 68.8 Å². The first kappa shape index (κ1) is 17.3. The molecular formula is C20H28N4O2. The summed E-state index contributed by atoms with van der Waals surface area (Å²) in [5.41, 5.74) is 1.16. The molecule has 0 aliphatic heterocycles. The standard InChI is InChI=1S/C20H28N4O2/c1-13-7-6-10-16(13)26-17-12-11-15-18(23-24(2)19(15)22-17)20(25)21-14-8-4-3-5-9-14/h11-14,16H,3-10H2,1-2H3,(H,21,25)/t13-,16-/m1/s1. The van der Waals surface area contributed by atoms with E-state index in [1.54, 1.807) is 4.68 Å². The van der Waals surface area contributed by atoms with Gasteiger partial charge in [-0.2, -0.15) is 10.1 Å². The summed E-state index contributed by atoms with van der Waals surface area (Å²) in [6.07, 6.45) is 9.52. The minimum Gasteiger partial charge on any atom is -0.474 e. The molecule has 6 heteroatoms. The minimum absolute atomic E-state index is 0.0950. The number of ether oxygens (including phenoxy) is 1. The molecule has 2 aromatic rings. The first-order chi connectivity index (χ1) is 12.6. The molecule has 4 rings (SSSR count). The third-order valence-corrected chi connectivity index (χ3v) is 5.87. The molecule has 0 unspecified atom stereocenters. The Bertz CT molecular complexity index is 794. The number of amides is 1. The van der Waals surface area contributed by atoms with Gasteiger partial charge in [-0.3, -0.25) is 4.79 Å². The Labute approximate surface area is 154 Å². The molecule has 140 valence electrons. The Hall–Kier alpha value is -2.11. The number of aryl methyl sites for hydroxylation is 1. The van der Waals surface area contributed by atoms with Gasteiger partial charge in [0.1, 0.15) is 6.10 Å². The van der Waals surface area contributed by atoms with Gasteiger partial charge in [0.15, 0.2) is 11.3 Å². The molecule has 2 atom stereocenters. The minimum atomic E-state index is -0.0950. The van der Waals surface area contributed by atoms with Crippen molar-refractivity contribution in [2.24, 2.45) is 13.0 Å². The van der Waals surface area contributed by atoms with Crippen LogP contribution in [0.2, 0.25) is 0 Å². The van der Waals surface area contributed by atoms with E-state index in [1.165, 1.54) is 32.1 Å². The summed E-state index contributed by atoms with van der Waals surface area (Å²) in [6, 6.07) is 4.06. The van der Waals surface area contributed by atoms with Crippen LogP contribution in [0.25, 0.3) is 11.0 Å². The lowest BCUT2D eigenvalue weighted by Gasteiger charge is -2.22. The highest BCUT2D eigenvalue weighted by Crippen LogP contribution is 2.29. The number of carbonyl (C=O) groups is 1. The van der Waals surface area contributed by atoms with E-state index in [-0.39, 0.29) is 18.1 Å². The fraction of sp³-hybridized carbons (Fsp3) is 0.650. The monoisotopic (exact) mass is 356 g/mol. The highest BCUT2D eigenvalue weighted by atomic mass is 16.5. The van der Waals surface area contributed by atoms with Crippen LogP contribution in [0, 0.1) is 5.92 Å². The first-order valence-corrected chi connectivity index (χ1v) is 9.93. The fourth-order valence-electron chi connectivity index (χ4n) is 4.29. The molecule has 1 amide bonds. The summed E-state index contributed by atoms with van der Waals surface area (Å²) in [5, 5.41) is 8.36. The molecule has 26 heavy (non-hydrogen) atoms. The Balaban J connectivity index is 1.54. The van der Waals surface area contributed by atoms with Crippen molar-refractivity contribution in [3.05, 3.63) is 17.8 Å². The van der Waals surface area contributed by atoms with Gasteiger partial charge in [-0.25, -0.2) is 4.68 Å². The van der Waals surface area contributed by atoms with Crippen molar-refractivity contribution in [1.29, 1.82) is 0 Å². The fourth-order valence-corrected chi connectivity index (χ4v) is 4.29. The van der Waals surface area contributed by atoms with Crippen LogP contribution in [-0.4, -0.2) is 32.8 Å². The van der Waals surface area contributed by atoms with Crippen molar-refractivity contribution in [3.63, 3.8) is 0 Å². The van der Waals surface area contributed by atoms with Gasteiger partial charge < -0.3 is 10.1 Å². The van der Waals surface area contributed by atoms with E-state index in [0.29, 0.717) is 23.1 Å². The topological polar surface area (TPSA) is 69.0 Å². The predicted molar refractivity (Wildman–Crippen MR) is 100 cm³/mol. The van der Waals surface area contributed by atoms with E-state index < -0.39 is 0 Å². The van der Waals surface area contributed by atoms with Crippen LogP contribution in [0.15, 0.2) is 12.1 Å². The average molecular weight is 356 g/mol. The molecule has 2 saturated carbocycles. The average Bonchev–Trinajstić information content (AvgIpc) is 3.19. The maximum Gasteiger partial charge on any atom is 0.272 e. The molecular weight excluding hydrogens is 328 g/mol. The molecule has 2 aliphatic rings. The normalized spacial score (nSPS) is 24.1. The van der Waals surface area contributed by atoms with Gasteiger partial charge in [0, 0.05) is 19.2 Å². The molecule has 2 aromatic heterocycles. The van der Waals surface area contributed by atoms with E-state index in [4.69, 9.17) is 4.74 Å². The number of hydrogen-bond acceptors (Lipinski definition) is 4. The van der Waals surface area contributed by atoms with E-state index in [2.05, 4.69) is 22.3 Å². The van der Waals surface area contributed by atoms with Gasteiger partial charge in [-0.05, 0) is 44.1 Å². The summed E-state index contributed by atoms with van der Waals surface area (Å²) in [7, 11) is 1.83. The number of fused-ring (bicyclic) bond motifs is 1. The highest BCUT2D eigenvalue weighted by Gasteiger charge is 2.26. The molecule has 0 radical (unpaired) electrons. The summed E-state index contributed by atoms with van der Waals surface area (Å²) >= 11 is 0. The Morgan fingerprint density at radius 1 is 1.15 bits per heavy atom. The van der Waals surface area contributed by atoms with Crippen molar-refractivity contribution < 1.29 is 9.53 Å². The number of nitrogens with zero attached hydrogens (tertiary/aromatic N) is 3. The lowest BCUT2D eigenvalue weighted by atomic mass is 9.95. The second kappa shape index (κ2) is 7.25. The van der Waals surface area contributed by atoms with Crippen LogP contribution in [0.4, 0.5) is 0 Å². The highest BCUT2D eigenvalue weighted by molar-refractivity contribution is 6.04. The molecule has 0 saturated heterocycles. The van der Waals surface area contributed by atoms with Crippen molar-refractivity contribution in [2.75, 3.05) is 0 Å². The first-order valence-electron chi connectivity index (χ1n) is 9.93. The largest absolute Gasteiger partial charge is 0.474 e. The molecule has 0 bridgehead atoms. The molecule has 1 N–H and O–H groups in total. The van der Waals surface area contributed by atoms with Gasteiger partial charge in [-0.1, -0.05) is 26.2 Å². The molecule has 0 aromatic carbocycles. The number of hydrogen-bond donors (Lipinski definition) is 1. The van der Waals surface area contributed by atoms with Crippen LogP contribution in [0.3, 0.4) is 0 Å². The van der Waals surface area contributed by atoms with E-state index in [1.807, 2.05) is 19.2 Å². The SMILES string of the molecule is C[C@@H]1CCC[C@H]1Oc1ccc2c(C(=O)NC3CCCCC3)nn(C)c2n1. The third-order valence-electron chi connectivity index (χ3n) is 5.87. The molecule has 0 spiro atoms. The summed E-state index contributed by atoms with van der Waals surface area (Å²) in [4.78, 5) is 17.3. The summed E-state index contributed by atoms with van der Waals surface area (Å²) < 4.78 is 7.77. The van der Waals surface area contributed by atoms with Crippen molar-refractivity contribution in [3.8, 4) is 5.88 Å². The predicted octanol–water partition coefficient (Wildman–Crippen LogP) is 3.60. The lowest BCUT2D eigenvalue weighted by molar-refractivity contribution is 0.0923. The quantitative estimate of drug-likeness (QED) is 0.909. The maximum atomic E-state index is 12.7. The number of pyridine rings is 1. The smallest absolute Gasteiger partial charge is 0.272 e. The second-order valence-corrected chi connectivity index (χ2v) is 7.87. The number of carbonyl (C=O) groups excluding carboxylic acids is 1.